The summed E-state index contributed by atoms with van der Waals surface area (Å²) in [5, 5.41) is 4.70. The molecule has 2 aromatic carbocycles. The standard InChI is InChI=1S/C17H18N4.C11H14O.C4H10/c1-12-4-3-5-14-8-9-20(11-15(12)14)17-7-6-16-18-13(2)10-21(16)19-17;1-3-4-10-5-7-11(8-6-10)9(2)12;1-4(2)3/h3-7,10H,8-9,11H2,1-2H3;5-8H,3-4H2,1-2H3;4H,1-3H3. The molecule has 5 heteroatoms. The molecule has 37 heavy (non-hydrogen) atoms. The van der Waals surface area contributed by atoms with Gasteiger partial charge < -0.3 is 4.90 Å². The largest absolute Gasteiger partial charge is 0.350 e. The second-order valence-corrected chi connectivity index (χ2v) is 10.5. The minimum atomic E-state index is 0.137. The summed E-state index contributed by atoms with van der Waals surface area (Å²) in [5.74, 6) is 1.99. The van der Waals surface area contributed by atoms with Crippen LogP contribution in [0.1, 0.15) is 79.3 Å². The number of hydrogen-bond acceptors (Lipinski definition) is 4. The molecule has 0 saturated carbocycles. The molecular formula is C32H42N4O. The number of benzene rings is 2. The van der Waals surface area contributed by atoms with Crippen LogP contribution in [0, 0.1) is 19.8 Å². The van der Waals surface area contributed by atoms with Crippen molar-refractivity contribution in [2.24, 2.45) is 5.92 Å². The van der Waals surface area contributed by atoms with Crippen LogP contribution in [-0.4, -0.2) is 26.9 Å². The van der Waals surface area contributed by atoms with Crippen molar-refractivity contribution >= 4 is 17.2 Å². The maximum absolute atomic E-state index is 10.9. The molecule has 0 amide bonds. The molecule has 0 atom stereocenters. The first-order valence-electron chi connectivity index (χ1n) is 13.4. The van der Waals surface area contributed by atoms with Gasteiger partial charge in [0.15, 0.2) is 11.4 Å². The Morgan fingerprint density at radius 1 is 1.00 bits per heavy atom. The van der Waals surface area contributed by atoms with Gasteiger partial charge in [-0.05, 0) is 73.9 Å². The Bertz CT molecular complexity index is 1300. The molecule has 0 unspecified atom stereocenters. The number of Topliss-reactive ketones (excluding diaryl/α,β-unsaturated/α-hetero) is 1. The van der Waals surface area contributed by atoms with E-state index >= 15 is 0 Å². The zero-order valence-electron chi connectivity index (χ0n) is 23.6. The third-order valence-electron chi connectivity index (χ3n) is 6.16. The van der Waals surface area contributed by atoms with Crippen LogP contribution < -0.4 is 4.90 Å². The van der Waals surface area contributed by atoms with Crippen LogP contribution >= 0.6 is 0 Å². The first-order chi connectivity index (χ1) is 17.7. The first kappa shape index (κ1) is 28.1. The Morgan fingerprint density at radius 2 is 1.70 bits per heavy atom. The van der Waals surface area contributed by atoms with Gasteiger partial charge in [-0.15, -0.1) is 5.10 Å². The van der Waals surface area contributed by atoms with Gasteiger partial charge >= 0.3 is 0 Å². The predicted molar refractivity (Wildman–Crippen MR) is 155 cm³/mol. The molecule has 0 N–H and O–H groups in total. The van der Waals surface area contributed by atoms with Crippen LogP contribution in [0.5, 0.6) is 0 Å². The zero-order chi connectivity index (χ0) is 26.9. The molecule has 3 heterocycles. The number of imidazole rings is 1. The van der Waals surface area contributed by atoms with Crippen LogP contribution in [0.4, 0.5) is 5.82 Å². The third-order valence-corrected chi connectivity index (χ3v) is 6.16. The fraction of sp³-hybridized carbons (Fsp3) is 0.406. The molecule has 1 aliphatic heterocycles. The highest BCUT2D eigenvalue weighted by atomic mass is 16.1. The highest BCUT2D eigenvalue weighted by Gasteiger charge is 2.19. The summed E-state index contributed by atoms with van der Waals surface area (Å²) in [6.07, 6.45) is 5.30. The normalized spacial score (nSPS) is 12.4. The van der Waals surface area contributed by atoms with Crippen molar-refractivity contribution in [1.29, 1.82) is 0 Å². The van der Waals surface area contributed by atoms with Gasteiger partial charge in [-0.25, -0.2) is 9.50 Å². The number of aromatic nitrogens is 3. The monoisotopic (exact) mass is 498 g/mol. The van der Waals surface area contributed by atoms with Crippen molar-refractivity contribution in [2.75, 3.05) is 11.4 Å². The van der Waals surface area contributed by atoms with E-state index in [0.29, 0.717) is 0 Å². The predicted octanol–water partition coefficient (Wildman–Crippen LogP) is 7.41. The maximum Gasteiger partial charge on any atom is 0.159 e. The molecular weight excluding hydrogens is 456 g/mol. The van der Waals surface area contributed by atoms with Crippen LogP contribution in [0.15, 0.2) is 60.8 Å². The zero-order valence-corrected chi connectivity index (χ0v) is 23.6. The molecule has 0 fully saturated rings. The quantitative estimate of drug-likeness (QED) is 0.275. The Kier molecular flexibility index (Phi) is 10.0. The molecule has 4 aromatic rings. The van der Waals surface area contributed by atoms with E-state index < -0.39 is 0 Å². The van der Waals surface area contributed by atoms with Gasteiger partial charge in [0.2, 0.25) is 0 Å². The Hall–Kier alpha value is -3.47. The second kappa shape index (κ2) is 13.2. The van der Waals surface area contributed by atoms with Crippen LogP contribution in [0.25, 0.3) is 5.65 Å². The van der Waals surface area contributed by atoms with E-state index in [0.717, 1.165) is 61.0 Å². The Balaban J connectivity index is 0.000000202. The summed E-state index contributed by atoms with van der Waals surface area (Å²) in [6.45, 7) is 16.4. The van der Waals surface area contributed by atoms with E-state index in [4.69, 9.17) is 5.10 Å². The number of fused-ring (bicyclic) bond motifs is 2. The highest BCUT2D eigenvalue weighted by Crippen LogP contribution is 2.25. The van der Waals surface area contributed by atoms with Crippen molar-refractivity contribution < 1.29 is 4.79 Å². The topological polar surface area (TPSA) is 50.5 Å². The fourth-order valence-corrected chi connectivity index (χ4v) is 4.30. The van der Waals surface area contributed by atoms with Gasteiger partial charge in [-0.3, -0.25) is 4.79 Å². The van der Waals surface area contributed by atoms with Crippen LogP contribution in [0.2, 0.25) is 0 Å². The summed E-state index contributed by atoms with van der Waals surface area (Å²) in [6, 6.07) is 18.6. The highest BCUT2D eigenvalue weighted by molar-refractivity contribution is 5.94. The van der Waals surface area contributed by atoms with Crippen molar-refractivity contribution in [1.82, 2.24) is 14.6 Å². The minimum Gasteiger partial charge on any atom is -0.350 e. The van der Waals surface area contributed by atoms with Crippen molar-refractivity contribution in [3.8, 4) is 0 Å². The lowest BCUT2D eigenvalue weighted by atomic mass is 9.96. The molecule has 5 nitrogen and oxygen atoms in total. The number of carbonyl (C=O) groups is 1. The number of nitrogens with zero attached hydrogens (tertiary/aromatic N) is 4. The van der Waals surface area contributed by atoms with Crippen LogP contribution in [0.3, 0.4) is 0 Å². The molecule has 196 valence electrons. The molecule has 0 spiro atoms. The Morgan fingerprint density at radius 3 is 2.35 bits per heavy atom. The number of ketones is 1. The lowest BCUT2D eigenvalue weighted by molar-refractivity contribution is 0.101. The maximum atomic E-state index is 10.9. The summed E-state index contributed by atoms with van der Waals surface area (Å²) in [4.78, 5) is 17.7. The van der Waals surface area contributed by atoms with E-state index in [9.17, 15) is 4.79 Å². The van der Waals surface area contributed by atoms with Gasteiger partial charge in [0.1, 0.15) is 5.82 Å². The third kappa shape index (κ3) is 8.01. The van der Waals surface area contributed by atoms with Gasteiger partial charge in [0, 0.05) is 18.7 Å². The van der Waals surface area contributed by atoms with Gasteiger partial charge in [-0.1, -0.05) is 76.6 Å². The summed E-state index contributed by atoms with van der Waals surface area (Å²) >= 11 is 0. The Labute approximate surface area is 222 Å². The van der Waals surface area contributed by atoms with Crippen molar-refractivity contribution in [2.45, 2.75) is 74.3 Å². The number of aryl methyl sites for hydroxylation is 3. The van der Waals surface area contributed by atoms with E-state index in [1.807, 2.05) is 48.0 Å². The smallest absolute Gasteiger partial charge is 0.159 e. The molecule has 0 radical (unpaired) electrons. The average molecular weight is 499 g/mol. The number of anilines is 1. The molecule has 0 saturated heterocycles. The molecule has 0 aliphatic carbocycles. The van der Waals surface area contributed by atoms with E-state index in [-0.39, 0.29) is 5.78 Å². The van der Waals surface area contributed by atoms with E-state index in [1.54, 1.807) is 6.92 Å². The number of rotatable bonds is 4. The first-order valence-corrected chi connectivity index (χ1v) is 13.4. The van der Waals surface area contributed by atoms with Gasteiger partial charge in [-0.2, -0.15) is 0 Å². The van der Waals surface area contributed by atoms with Gasteiger partial charge in [0.05, 0.1) is 11.9 Å². The summed E-state index contributed by atoms with van der Waals surface area (Å²) < 4.78 is 1.87. The van der Waals surface area contributed by atoms with Crippen molar-refractivity contribution in [3.05, 3.63) is 94.3 Å². The van der Waals surface area contributed by atoms with Crippen molar-refractivity contribution in [3.63, 3.8) is 0 Å². The average Bonchev–Trinajstić information content (AvgIpc) is 3.24. The fourth-order valence-electron chi connectivity index (χ4n) is 4.30. The van der Waals surface area contributed by atoms with Gasteiger partial charge in [0.25, 0.3) is 0 Å². The SMILES string of the molecule is CC(C)C.CCCc1ccc(C(C)=O)cc1.Cc1cn2nc(N3CCc4cccc(C)c4C3)ccc2n1. The minimum absolute atomic E-state index is 0.137. The lowest BCUT2D eigenvalue weighted by Gasteiger charge is -2.30. The molecule has 2 aromatic heterocycles. The molecule has 1 aliphatic rings. The summed E-state index contributed by atoms with van der Waals surface area (Å²) in [5.41, 5.74) is 8.32. The number of carbonyl (C=O) groups excluding carboxylic acids is 1. The molecule has 0 bridgehead atoms. The number of hydrogen-bond donors (Lipinski definition) is 0. The second-order valence-electron chi connectivity index (χ2n) is 10.5. The molecule has 5 rings (SSSR count). The van der Waals surface area contributed by atoms with Crippen LogP contribution in [-0.2, 0) is 19.4 Å². The van der Waals surface area contributed by atoms with E-state index in [1.165, 1.54) is 22.3 Å². The van der Waals surface area contributed by atoms with E-state index in [2.05, 4.69) is 68.8 Å². The summed E-state index contributed by atoms with van der Waals surface area (Å²) in [7, 11) is 0. The lowest BCUT2D eigenvalue weighted by Crippen LogP contribution is -2.31.